The second-order valence-electron chi connectivity index (χ2n) is 10.7. The van der Waals surface area contributed by atoms with Crippen molar-refractivity contribution in [2.45, 2.75) is 12.8 Å². The van der Waals surface area contributed by atoms with Crippen molar-refractivity contribution in [3.63, 3.8) is 0 Å². The van der Waals surface area contributed by atoms with Gasteiger partial charge < -0.3 is 4.74 Å². The lowest BCUT2D eigenvalue weighted by atomic mass is 10.0. The van der Waals surface area contributed by atoms with Gasteiger partial charge in [-0.1, -0.05) is 114 Å². The summed E-state index contributed by atoms with van der Waals surface area (Å²) in [7, 11) is 0. The Labute approximate surface area is 277 Å². The van der Waals surface area contributed by atoms with Gasteiger partial charge in [-0.05, 0) is 77.3 Å². The van der Waals surface area contributed by atoms with E-state index in [1.807, 2.05) is 90.7 Å². The van der Waals surface area contributed by atoms with Crippen molar-refractivity contribution in [2.75, 3.05) is 17.8 Å². The normalized spacial score (nSPS) is 11.2. The topological polar surface area (TPSA) is 68.3 Å². The SMILES string of the molecule is O=C(COc1ccc(C(=O)C=P(c2ccccc2)(c2ccccc2)c2ccccc2)cc1CCCCl)Nc1nc2ccccc2s1. The molecule has 0 fully saturated rings. The summed E-state index contributed by atoms with van der Waals surface area (Å²) < 4.78 is 6.99. The smallest absolute Gasteiger partial charge is 0.264 e. The molecule has 0 saturated heterocycles. The minimum Gasteiger partial charge on any atom is -0.483 e. The van der Waals surface area contributed by atoms with Crippen LogP contribution in [0.1, 0.15) is 22.3 Å². The van der Waals surface area contributed by atoms with Crippen molar-refractivity contribution >= 4 is 78.6 Å². The van der Waals surface area contributed by atoms with Crippen LogP contribution in [-0.2, 0) is 11.2 Å². The van der Waals surface area contributed by atoms with Gasteiger partial charge in [0.1, 0.15) is 5.75 Å². The van der Waals surface area contributed by atoms with Crippen LogP contribution in [-0.4, -0.2) is 35.0 Å². The number of aromatic nitrogens is 1. The van der Waals surface area contributed by atoms with Gasteiger partial charge in [-0.3, -0.25) is 14.9 Å². The number of benzene rings is 5. The maximum absolute atomic E-state index is 14.3. The molecule has 5 nitrogen and oxygen atoms in total. The minimum absolute atomic E-state index is 0.0721. The van der Waals surface area contributed by atoms with Crippen LogP contribution in [0, 0.1) is 0 Å². The van der Waals surface area contributed by atoms with Crippen LogP contribution >= 0.6 is 29.8 Å². The third-order valence-electron chi connectivity index (χ3n) is 7.63. The Balaban J connectivity index is 1.33. The molecule has 0 radical (unpaired) electrons. The monoisotopic (exact) mass is 662 g/mol. The summed E-state index contributed by atoms with van der Waals surface area (Å²) >= 11 is 7.48. The molecule has 1 N–H and O–H groups in total. The highest BCUT2D eigenvalue weighted by Gasteiger charge is 2.27. The zero-order chi connectivity index (χ0) is 31.8. The van der Waals surface area contributed by atoms with E-state index in [4.69, 9.17) is 16.3 Å². The third kappa shape index (κ3) is 7.00. The molecule has 0 spiro atoms. The van der Waals surface area contributed by atoms with Crippen molar-refractivity contribution in [3.8, 4) is 5.75 Å². The number of alkyl halides is 1. The number of carbonyl (C=O) groups is 2. The lowest BCUT2D eigenvalue weighted by molar-refractivity contribution is -0.118. The number of hydrogen-bond donors (Lipinski definition) is 1. The van der Waals surface area contributed by atoms with Gasteiger partial charge in [-0.25, -0.2) is 4.98 Å². The van der Waals surface area contributed by atoms with Gasteiger partial charge in [0.15, 0.2) is 17.5 Å². The highest BCUT2D eigenvalue weighted by atomic mass is 35.5. The summed E-state index contributed by atoms with van der Waals surface area (Å²) in [4.78, 5) is 31.5. The molecule has 0 aliphatic carbocycles. The average Bonchev–Trinajstić information content (AvgIpc) is 3.52. The molecule has 5 aromatic carbocycles. The van der Waals surface area contributed by atoms with Crippen LogP contribution in [0.4, 0.5) is 5.13 Å². The fourth-order valence-corrected chi connectivity index (χ4v) is 10.2. The Hall–Kier alpha value is -4.48. The van der Waals surface area contributed by atoms with E-state index < -0.39 is 6.89 Å². The number of halogens is 1. The van der Waals surface area contributed by atoms with Gasteiger partial charge in [-0.15, -0.1) is 11.6 Å². The van der Waals surface area contributed by atoms with Crippen LogP contribution in [0.25, 0.3) is 10.2 Å². The zero-order valence-corrected chi connectivity index (χ0v) is 27.5. The summed E-state index contributed by atoms with van der Waals surface area (Å²) in [6, 6.07) is 44.0. The number of rotatable bonds is 12. The lowest BCUT2D eigenvalue weighted by Gasteiger charge is -2.28. The number of carbonyl (C=O) groups excluding carboxylic acids is 2. The van der Waals surface area contributed by atoms with Crippen molar-refractivity contribution < 1.29 is 14.3 Å². The highest BCUT2D eigenvalue weighted by molar-refractivity contribution is 7.95. The van der Waals surface area contributed by atoms with Gasteiger partial charge in [0.2, 0.25) is 0 Å². The summed E-state index contributed by atoms with van der Waals surface area (Å²) in [5, 5.41) is 6.65. The Bertz CT molecular complexity index is 1880. The summed E-state index contributed by atoms with van der Waals surface area (Å²) in [5.74, 6) is 2.57. The number of thiazole rings is 1. The Morgan fingerprint density at radius 1 is 0.783 bits per heavy atom. The van der Waals surface area contributed by atoms with Gasteiger partial charge in [-0.2, -0.15) is 0 Å². The molecule has 6 aromatic rings. The van der Waals surface area contributed by atoms with Crippen molar-refractivity contribution in [1.29, 1.82) is 0 Å². The summed E-state index contributed by atoms with van der Waals surface area (Å²) in [5.41, 5.74) is 2.22. The largest absolute Gasteiger partial charge is 0.483 e. The molecular weight excluding hydrogens is 631 g/mol. The van der Waals surface area contributed by atoms with E-state index in [2.05, 4.69) is 46.7 Å². The lowest BCUT2D eigenvalue weighted by Crippen LogP contribution is -2.28. The van der Waals surface area contributed by atoms with Crippen LogP contribution in [0.3, 0.4) is 0 Å². The zero-order valence-electron chi connectivity index (χ0n) is 25.0. The second kappa shape index (κ2) is 14.7. The molecule has 0 unspecified atom stereocenters. The second-order valence-corrected chi connectivity index (χ2v) is 15.3. The molecule has 1 heterocycles. The molecule has 0 aliphatic heterocycles. The first kappa shape index (κ1) is 31.5. The van der Waals surface area contributed by atoms with E-state index in [0.717, 1.165) is 31.7 Å². The minimum atomic E-state index is -2.48. The van der Waals surface area contributed by atoms with Gasteiger partial charge in [0.05, 0.1) is 10.2 Å². The predicted molar refractivity (Wildman–Crippen MR) is 195 cm³/mol. The molecule has 0 saturated carbocycles. The van der Waals surface area contributed by atoms with Gasteiger partial charge in [0.25, 0.3) is 5.91 Å². The molecular formula is C38H32ClN2O3PS. The first-order valence-corrected chi connectivity index (χ1v) is 18.2. The standard InChI is InChI=1S/C38H32ClN2O3PS/c39-24-12-13-29-25-28(22-23-35(29)44-26-37(43)41-38-40-33-20-10-11-21-36(33)46-38)34(42)27-45(30-14-4-1-5-15-30,31-16-6-2-7-17-31)32-18-8-3-9-19-32/h1-11,14-23,25,27H,12-13,24,26H2,(H,40,41,43). The number of para-hydroxylation sites is 1. The van der Waals surface area contributed by atoms with Crippen molar-refractivity contribution in [1.82, 2.24) is 4.98 Å². The fourth-order valence-electron chi connectivity index (χ4n) is 5.46. The van der Waals surface area contributed by atoms with Crippen LogP contribution in [0.15, 0.2) is 133 Å². The van der Waals surface area contributed by atoms with E-state index in [-0.39, 0.29) is 18.3 Å². The molecule has 8 heteroatoms. The first-order valence-electron chi connectivity index (χ1n) is 15.0. The average molecular weight is 663 g/mol. The third-order valence-corrected chi connectivity index (χ3v) is 12.8. The molecule has 0 atom stereocenters. The molecule has 6 rings (SSSR count). The molecule has 0 bridgehead atoms. The Morgan fingerprint density at radius 2 is 1.37 bits per heavy atom. The number of Topliss-reactive ketones (excluding diaryl/α,β-unsaturated/α-hetero) is 1. The number of nitrogens with zero attached hydrogens (tertiary/aromatic N) is 1. The summed E-state index contributed by atoms with van der Waals surface area (Å²) in [6.07, 6.45) is 1.31. The number of fused-ring (bicyclic) bond motifs is 1. The van der Waals surface area contributed by atoms with Gasteiger partial charge in [0, 0.05) is 11.4 Å². The Kier molecular flexibility index (Phi) is 10.1. The quantitative estimate of drug-likeness (QED) is 0.0839. The van der Waals surface area contributed by atoms with E-state index >= 15 is 0 Å². The highest BCUT2D eigenvalue weighted by Crippen LogP contribution is 2.44. The number of anilines is 1. The van der Waals surface area contributed by atoms with E-state index in [0.29, 0.717) is 35.2 Å². The summed E-state index contributed by atoms with van der Waals surface area (Å²) in [6.45, 7) is -2.66. The first-order chi connectivity index (χ1) is 22.6. The van der Waals surface area contributed by atoms with Crippen LogP contribution < -0.4 is 26.0 Å². The van der Waals surface area contributed by atoms with Crippen molar-refractivity contribution in [2.24, 2.45) is 0 Å². The van der Waals surface area contributed by atoms with Gasteiger partial charge >= 0.3 is 0 Å². The number of aryl methyl sites for hydroxylation is 1. The van der Waals surface area contributed by atoms with Crippen LogP contribution in [0.2, 0.25) is 0 Å². The maximum Gasteiger partial charge on any atom is 0.264 e. The van der Waals surface area contributed by atoms with E-state index in [1.54, 1.807) is 12.1 Å². The Morgan fingerprint density at radius 3 is 1.96 bits per heavy atom. The van der Waals surface area contributed by atoms with Crippen LogP contribution in [0.5, 0.6) is 5.75 Å². The maximum atomic E-state index is 14.3. The molecule has 1 aromatic heterocycles. The number of ketones is 1. The van der Waals surface area contributed by atoms with Crippen molar-refractivity contribution in [3.05, 3.63) is 145 Å². The van der Waals surface area contributed by atoms with E-state index in [9.17, 15) is 9.59 Å². The molecule has 1 amide bonds. The molecule has 0 aliphatic rings. The number of ether oxygens (including phenoxy) is 1. The predicted octanol–water partition coefficient (Wildman–Crippen LogP) is 7.46. The molecule has 230 valence electrons. The number of amides is 1. The molecule has 46 heavy (non-hydrogen) atoms. The van der Waals surface area contributed by atoms with E-state index in [1.165, 1.54) is 11.3 Å². The fraction of sp³-hybridized carbons (Fsp3) is 0.105. The number of hydrogen-bond acceptors (Lipinski definition) is 5. The number of nitrogens with one attached hydrogen (secondary N) is 1.